The first kappa shape index (κ1) is 25.4. The van der Waals surface area contributed by atoms with Gasteiger partial charge in [-0.1, -0.05) is 17.7 Å². The Labute approximate surface area is 200 Å². The van der Waals surface area contributed by atoms with E-state index < -0.39 is 46.8 Å². The minimum absolute atomic E-state index is 0.0309. The molecule has 1 aromatic carbocycles. The molecule has 2 heterocycles. The van der Waals surface area contributed by atoms with Gasteiger partial charge in [0.05, 0.1) is 16.3 Å². The Balaban J connectivity index is 1.79. The number of thiazole rings is 1. The summed E-state index contributed by atoms with van der Waals surface area (Å²) in [6, 6.07) is 4.21. The van der Waals surface area contributed by atoms with E-state index in [2.05, 4.69) is 15.4 Å². The van der Waals surface area contributed by atoms with E-state index >= 15 is 0 Å². The van der Waals surface area contributed by atoms with Gasteiger partial charge in [-0.25, -0.2) is 4.98 Å². The fraction of sp³-hybridized carbons (Fsp3) is 0.350. The van der Waals surface area contributed by atoms with Gasteiger partial charge in [0.15, 0.2) is 5.69 Å². The lowest BCUT2D eigenvalue weighted by Gasteiger charge is -2.19. The van der Waals surface area contributed by atoms with Crippen molar-refractivity contribution in [2.24, 2.45) is 7.05 Å². The molecular weight excluding hydrogens is 532 g/mol. The molecule has 5 nitrogen and oxygen atoms in total. The van der Waals surface area contributed by atoms with Crippen LogP contribution in [0.3, 0.4) is 0 Å². The Morgan fingerprint density at radius 3 is 2.37 bits per heavy atom. The fourth-order valence-corrected chi connectivity index (χ4v) is 4.28. The lowest BCUT2D eigenvalue weighted by Crippen LogP contribution is -2.36. The number of hydrogen-bond acceptors (Lipinski definition) is 4. The number of carbonyl (C=O) groups is 1. The monoisotopic (exact) mass is 544 g/mol. The zero-order valence-electron chi connectivity index (χ0n) is 17.4. The number of hydrogen-bond donors (Lipinski definition) is 1. The summed E-state index contributed by atoms with van der Waals surface area (Å²) in [5.74, 6) is -6.31. The van der Waals surface area contributed by atoms with E-state index in [9.17, 15) is 39.9 Å². The molecule has 1 aliphatic carbocycles. The zero-order valence-corrected chi connectivity index (χ0v) is 18.9. The van der Waals surface area contributed by atoms with Crippen molar-refractivity contribution < 1.29 is 39.9 Å². The Morgan fingerprint density at radius 1 is 1.14 bits per heavy atom. The number of nitrogens with one attached hydrogen (secondary N) is 1. The molecule has 1 saturated carbocycles. The van der Waals surface area contributed by atoms with Gasteiger partial charge in [-0.3, -0.25) is 9.48 Å². The van der Waals surface area contributed by atoms with E-state index in [1.807, 2.05) is 0 Å². The van der Waals surface area contributed by atoms with Crippen molar-refractivity contribution in [1.82, 2.24) is 20.1 Å². The second-order valence-corrected chi connectivity index (χ2v) is 9.01. The van der Waals surface area contributed by atoms with Crippen LogP contribution in [0.15, 0.2) is 23.6 Å². The summed E-state index contributed by atoms with van der Waals surface area (Å²) in [6.07, 6.45) is -10.3. The number of aryl methyl sites for hydroxylation is 1. The van der Waals surface area contributed by atoms with Crippen LogP contribution in [0, 0.1) is 0 Å². The molecular formula is C20H13ClF8N4OS. The number of benzene rings is 1. The van der Waals surface area contributed by atoms with Gasteiger partial charge in [0.25, 0.3) is 5.91 Å². The molecule has 4 rings (SSSR count). The van der Waals surface area contributed by atoms with E-state index in [1.54, 1.807) is 0 Å². The van der Waals surface area contributed by atoms with Crippen molar-refractivity contribution in [2.75, 3.05) is 0 Å². The van der Waals surface area contributed by atoms with E-state index in [0.29, 0.717) is 0 Å². The molecule has 1 aliphatic rings. The topological polar surface area (TPSA) is 59.8 Å². The number of aromatic nitrogens is 3. The van der Waals surface area contributed by atoms with E-state index in [1.165, 1.54) is 18.2 Å². The average molecular weight is 545 g/mol. The maximum absolute atomic E-state index is 13.9. The van der Waals surface area contributed by atoms with Gasteiger partial charge in [0, 0.05) is 24.0 Å². The number of amides is 1. The highest BCUT2D eigenvalue weighted by molar-refractivity contribution is 7.13. The third-order valence-corrected chi connectivity index (χ3v) is 6.32. The molecule has 2 aromatic heterocycles. The highest BCUT2D eigenvalue weighted by Gasteiger charge is 2.64. The molecule has 0 aliphatic heterocycles. The van der Waals surface area contributed by atoms with Crippen molar-refractivity contribution in [3.05, 3.63) is 45.4 Å². The molecule has 35 heavy (non-hydrogen) atoms. The van der Waals surface area contributed by atoms with Crippen LogP contribution in [0.5, 0.6) is 0 Å². The lowest BCUT2D eigenvalue weighted by atomic mass is 10.1. The van der Waals surface area contributed by atoms with E-state index in [-0.39, 0.29) is 31.9 Å². The zero-order chi connectivity index (χ0) is 25.9. The Kier molecular flexibility index (Phi) is 6.11. The first-order chi connectivity index (χ1) is 16.1. The van der Waals surface area contributed by atoms with E-state index in [0.717, 1.165) is 36.6 Å². The number of nitrogens with zero attached hydrogens (tertiary/aromatic N) is 3. The molecule has 0 saturated heterocycles. The Bertz CT molecular complexity index is 1290. The predicted molar refractivity (Wildman–Crippen MR) is 110 cm³/mol. The smallest absolute Gasteiger partial charge is 0.349 e. The fourth-order valence-electron chi connectivity index (χ4n) is 3.28. The summed E-state index contributed by atoms with van der Waals surface area (Å²) in [6.45, 7) is 0. The maximum Gasteiger partial charge on any atom is 0.459 e. The highest BCUT2D eigenvalue weighted by Crippen LogP contribution is 2.50. The van der Waals surface area contributed by atoms with Crippen LogP contribution in [0.25, 0.3) is 22.0 Å². The van der Waals surface area contributed by atoms with Crippen LogP contribution < -0.4 is 5.32 Å². The molecule has 1 amide bonds. The predicted octanol–water partition coefficient (Wildman–Crippen LogP) is 6.43. The summed E-state index contributed by atoms with van der Waals surface area (Å²) in [7, 11) is 0.808. The van der Waals surface area contributed by atoms with Gasteiger partial charge in [0.1, 0.15) is 16.3 Å². The second kappa shape index (κ2) is 8.43. The molecule has 0 spiro atoms. The highest BCUT2D eigenvalue weighted by atomic mass is 35.5. The van der Waals surface area contributed by atoms with Crippen LogP contribution in [-0.4, -0.2) is 32.9 Å². The molecule has 0 bridgehead atoms. The second-order valence-electron chi connectivity index (χ2n) is 7.75. The third kappa shape index (κ3) is 4.73. The standard InChI is InChI=1S/C20H13ClF8N4OS/c1-33-14(13(19(24,25)26)15(32-33)18(22,23)20(27,28)29)12-7-35-17(31-12)8-2-5-11(21)10(6-8)16(34)30-9-3-4-9/h2,5-7,9H,3-4H2,1H3,(H,30,34). The summed E-state index contributed by atoms with van der Waals surface area (Å²) < 4.78 is 108. The largest absolute Gasteiger partial charge is 0.459 e. The minimum Gasteiger partial charge on any atom is -0.349 e. The van der Waals surface area contributed by atoms with Crippen molar-refractivity contribution in [3.8, 4) is 22.0 Å². The summed E-state index contributed by atoms with van der Waals surface area (Å²) in [4.78, 5) is 16.4. The van der Waals surface area contributed by atoms with Crippen LogP contribution in [-0.2, 0) is 19.1 Å². The van der Waals surface area contributed by atoms with Crippen molar-refractivity contribution in [3.63, 3.8) is 0 Å². The van der Waals surface area contributed by atoms with Crippen LogP contribution in [0.2, 0.25) is 5.02 Å². The summed E-state index contributed by atoms with van der Waals surface area (Å²) >= 11 is 6.88. The lowest BCUT2D eigenvalue weighted by molar-refractivity contribution is -0.292. The number of carbonyl (C=O) groups excluding carboxylic acids is 1. The third-order valence-electron chi connectivity index (χ3n) is 5.10. The molecule has 0 atom stereocenters. The first-order valence-corrected chi connectivity index (χ1v) is 11.0. The molecule has 15 heteroatoms. The summed E-state index contributed by atoms with van der Waals surface area (Å²) in [5, 5.41) is 6.88. The SMILES string of the molecule is Cn1nc(C(F)(F)C(F)(F)F)c(C(F)(F)F)c1-c1csc(-c2ccc(Cl)c(C(=O)NC3CC3)c2)n1. The molecule has 0 unspecified atom stereocenters. The Morgan fingerprint density at radius 2 is 1.80 bits per heavy atom. The van der Waals surface area contributed by atoms with Gasteiger partial charge in [-0.15, -0.1) is 11.3 Å². The first-order valence-electron chi connectivity index (χ1n) is 9.77. The normalized spacial score (nSPS) is 14.9. The van der Waals surface area contributed by atoms with Crippen LogP contribution >= 0.6 is 22.9 Å². The van der Waals surface area contributed by atoms with Crippen molar-refractivity contribution in [2.45, 2.75) is 37.2 Å². The van der Waals surface area contributed by atoms with Gasteiger partial charge in [-0.05, 0) is 25.0 Å². The van der Waals surface area contributed by atoms with Crippen molar-refractivity contribution >= 4 is 28.8 Å². The molecule has 0 radical (unpaired) electrons. The minimum atomic E-state index is -6.30. The molecule has 188 valence electrons. The molecule has 1 fully saturated rings. The van der Waals surface area contributed by atoms with E-state index in [4.69, 9.17) is 11.6 Å². The summed E-state index contributed by atoms with van der Waals surface area (Å²) in [5.41, 5.74) is -5.90. The number of alkyl halides is 8. The van der Waals surface area contributed by atoms with Gasteiger partial charge in [0.2, 0.25) is 0 Å². The van der Waals surface area contributed by atoms with Gasteiger partial charge < -0.3 is 5.32 Å². The van der Waals surface area contributed by atoms with Crippen LogP contribution in [0.4, 0.5) is 35.1 Å². The maximum atomic E-state index is 13.9. The number of halogens is 9. The number of rotatable bonds is 5. The van der Waals surface area contributed by atoms with Gasteiger partial charge >= 0.3 is 18.3 Å². The van der Waals surface area contributed by atoms with Crippen LogP contribution in [0.1, 0.15) is 34.5 Å². The quantitative estimate of drug-likeness (QED) is 0.377. The molecule has 1 N–H and O–H groups in total. The average Bonchev–Trinajstić information content (AvgIpc) is 3.27. The van der Waals surface area contributed by atoms with Crippen molar-refractivity contribution in [1.29, 1.82) is 0 Å². The molecule has 3 aromatic rings. The Hall–Kier alpha value is -2.74. The van der Waals surface area contributed by atoms with Gasteiger partial charge in [-0.2, -0.15) is 40.2 Å².